The second-order valence-corrected chi connectivity index (χ2v) is 7.15. The van der Waals surface area contributed by atoms with Crippen LogP contribution in [0.3, 0.4) is 0 Å². The lowest BCUT2D eigenvalue weighted by Crippen LogP contribution is -2.71. The minimum atomic E-state index is -0.618. The van der Waals surface area contributed by atoms with Crippen LogP contribution in [0.25, 0.3) is 0 Å². The van der Waals surface area contributed by atoms with E-state index in [1.165, 1.54) is 0 Å². The highest BCUT2D eigenvalue weighted by molar-refractivity contribution is 6.00. The maximum atomic E-state index is 13.1. The second kappa shape index (κ2) is 5.59. The van der Waals surface area contributed by atoms with Gasteiger partial charge in [0.15, 0.2) is 0 Å². The normalized spacial score (nSPS) is 32.2. The monoisotopic (exact) mass is 294 g/mol. The number of hydrogen-bond acceptors (Lipinski definition) is 3. The first-order valence-electron chi connectivity index (χ1n) is 8.26. The predicted octanol–water partition coefficient (Wildman–Crippen LogP) is 1.46. The van der Waals surface area contributed by atoms with E-state index in [9.17, 15) is 9.59 Å². The van der Waals surface area contributed by atoms with Crippen LogP contribution in [0, 0.1) is 5.92 Å². The van der Waals surface area contributed by atoms with Gasteiger partial charge in [-0.15, -0.1) is 0 Å². The summed E-state index contributed by atoms with van der Waals surface area (Å²) in [5.41, 5.74) is -0.618. The molecule has 3 rings (SSSR count). The topological polar surface area (TPSA) is 58.6 Å². The SMILES string of the molecule is CC(C)CC1C(=O)NC2(CCCC2)C(=O)N1C1CCOC1. The van der Waals surface area contributed by atoms with E-state index in [2.05, 4.69) is 19.2 Å². The zero-order valence-electron chi connectivity index (χ0n) is 13.1. The summed E-state index contributed by atoms with van der Waals surface area (Å²) >= 11 is 0. The molecule has 0 radical (unpaired) electrons. The fourth-order valence-corrected chi connectivity index (χ4v) is 4.03. The molecule has 5 nitrogen and oxygen atoms in total. The van der Waals surface area contributed by atoms with E-state index < -0.39 is 5.54 Å². The molecule has 0 aromatic carbocycles. The van der Waals surface area contributed by atoms with Crippen molar-refractivity contribution in [3.8, 4) is 0 Å². The Morgan fingerprint density at radius 3 is 2.62 bits per heavy atom. The Hall–Kier alpha value is -1.10. The maximum absolute atomic E-state index is 13.1. The predicted molar refractivity (Wildman–Crippen MR) is 78.7 cm³/mol. The van der Waals surface area contributed by atoms with Gasteiger partial charge in [-0.05, 0) is 31.6 Å². The van der Waals surface area contributed by atoms with E-state index in [-0.39, 0.29) is 23.9 Å². The average molecular weight is 294 g/mol. The number of piperazine rings is 1. The number of nitrogens with one attached hydrogen (secondary N) is 1. The van der Waals surface area contributed by atoms with Gasteiger partial charge in [-0.25, -0.2) is 0 Å². The fourth-order valence-electron chi connectivity index (χ4n) is 4.03. The summed E-state index contributed by atoms with van der Waals surface area (Å²) in [7, 11) is 0. The van der Waals surface area contributed by atoms with Gasteiger partial charge in [0.2, 0.25) is 11.8 Å². The van der Waals surface area contributed by atoms with Gasteiger partial charge >= 0.3 is 0 Å². The lowest BCUT2D eigenvalue weighted by atomic mass is 9.87. The lowest BCUT2D eigenvalue weighted by Gasteiger charge is -2.47. The molecule has 2 amide bonds. The van der Waals surface area contributed by atoms with Crippen LogP contribution in [0.4, 0.5) is 0 Å². The van der Waals surface area contributed by atoms with Crippen LogP contribution >= 0.6 is 0 Å². The van der Waals surface area contributed by atoms with Gasteiger partial charge < -0.3 is 15.0 Å². The quantitative estimate of drug-likeness (QED) is 0.857. The average Bonchev–Trinajstić information content (AvgIpc) is 3.08. The maximum Gasteiger partial charge on any atom is 0.249 e. The number of carbonyl (C=O) groups is 2. The summed E-state index contributed by atoms with van der Waals surface area (Å²) in [6.45, 7) is 5.46. The highest BCUT2D eigenvalue weighted by atomic mass is 16.5. The third-order valence-corrected chi connectivity index (χ3v) is 5.10. The first kappa shape index (κ1) is 14.8. The molecule has 0 aromatic heterocycles. The summed E-state index contributed by atoms with van der Waals surface area (Å²) in [6, 6.07) is -0.250. The largest absolute Gasteiger partial charge is 0.379 e. The molecule has 21 heavy (non-hydrogen) atoms. The van der Waals surface area contributed by atoms with E-state index in [0.717, 1.165) is 38.5 Å². The van der Waals surface area contributed by atoms with Crippen molar-refractivity contribution >= 4 is 11.8 Å². The number of carbonyl (C=O) groups excluding carboxylic acids is 2. The Balaban J connectivity index is 1.90. The van der Waals surface area contributed by atoms with Crippen LogP contribution in [0.15, 0.2) is 0 Å². The van der Waals surface area contributed by atoms with Crippen molar-refractivity contribution < 1.29 is 14.3 Å². The van der Waals surface area contributed by atoms with Crippen LogP contribution in [0.1, 0.15) is 52.4 Å². The molecular weight excluding hydrogens is 268 g/mol. The summed E-state index contributed by atoms with van der Waals surface area (Å²) in [4.78, 5) is 27.7. The van der Waals surface area contributed by atoms with Crippen molar-refractivity contribution in [1.82, 2.24) is 10.2 Å². The molecule has 1 N–H and O–H groups in total. The second-order valence-electron chi connectivity index (χ2n) is 7.15. The van der Waals surface area contributed by atoms with Crippen molar-refractivity contribution in [2.24, 2.45) is 5.92 Å². The molecule has 3 aliphatic rings. The Morgan fingerprint density at radius 2 is 2.05 bits per heavy atom. The van der Waals surface area contributed by atoms with E-state index >= 15 is 0 Å². The molecule has 118 valence electrons. The van der Waals surface area contributed by atoms with Gasteiger partial charge in [-0.3, -0.25) is 9.59 Å². The van der Waals surface area contributed by atoms with Crippen LogP contribution < -0.4 is 5.32 Å². The van der Waals surface area contributed by atoms with E-state index in [0.29, 0.717) is 19.1 Å². The number of hydrogen-bond donors (Lipinski definition) is 1. The van der Waals surface area contributed by atoms with Crippen molar-refractivity contribution in [2.75, 3.05) is 13.2 Å². The highest BCUT2D eigenvalue weighted by Gasteiger charge is 2.53. The molecule has 1 saturated carbocycles. The van der Waals surface area contributed by atoms with Gasteiger partial charge in [0.05, 0.1) is 12.6 Å². The van der Waals surface area contributed by atoms with Crippen LogP contribution in [0.2, 0.25) is 0 Å². The first-order valence-corrected chi connectivity index (χ1v) is 8.26. The summed E-state index contributed by atoms with van der Waals surface area (Å²) in [5, 5.41) is 3.08. The van der Waals surface area contributed by atoms with Crippen LogP contribution in [0.5, 0.6) is 0 Å². The molecule has 2 saturated heterocycles. The zero-order valence-corrected chi connectivity index (χ0v) is 13.1. The summed E-state index contributed by atoms with van der Waals surface area (Å²) in [6.07, 6.45) is 5.20. The Bertz CT molecular complexity index is 423. The van der Waals surface area contributed by atoms with Gasteiger partial charge in [0.25, 0.3) is 0 Å². The van der Waals surface area contributed by atoms with Gasteiger partial charge in [-0.1, -0.05) is 26.7 Å². The first-order chi connectivity index (χ1) is 10.0. The van der Waals surface area contributed by atoms with Crippen molar-refractivity contribution in [3.05, 3.63) is 0 Å². The molecule has 5 heteroatoms. The van der Waals surface area contributed by atoms with Crippen LogP contribution in [-0.2, 0) is 14.3 Å². The fraction of sp³-hybridized carbons (Fsp3) is 0.875. The standard InChI is InChI=1S/C16H26N2O3/c1-11(2)9-13-14(19)17-16(6-3-4-7-16)15(20)18(13)12-5-8-21-10-12/h11-13H,3-10H2,1-2H3,(H,17,19). The minimum absolute atomic E-state index is 0.0390. The molecule has 2 aliphatic heterocycles. The van der Waals surface area contributed by atoms with E-state index in [4.69, 9.17) is 4.74 Å². The van der Waals surface area contributed by atoms with Gasteiger partial charge in [0.1, 0.15) is 11.6 Å². The van der Waals surface area contributed by atoms with Crippen molar-refractivity contribution in [1.29, 1.82) is 0 Å². The molecule has 3 fully saturated rings. The molecule has 2 heterocycles. The molecule has 2 atom stereocenters. The van der Waals surface area contributed by atoms with Crippen molar-refractivity contribution in [2.45, 2.75) is 70.0 Å². The molecule has 1 spiro atoms. The number of ether oxygens (including phenoxy) is 1. The number of amides is 2. The van der Waals surface area contributed by atoms with E-state index in [1.807, 2.05) is 4.90 Å². The third-order valence-electron chi connectivity index (χ3n) is 5.10. The smallest absolute Gasteiger partial charge is 0.249 e. The number of nitrogens with zero attached hydrogens (tertiary/aromatic N) is 1. The Morgan fingerprint density at radius 1 is 1.33 bits per heavy atom. The summed E-state index contributed by atoms with van der Waals surface area (Å²) in [5.74, 6) is 0.564. The zero-order chi connectivity index (χ0) is 15.0. The van der Waals surface area contributed by atoms with Gasteiger partial charge in [0, 0.05) is 6.61 Å². The lowest BCUT2D eigenvalue weighted by molar-refractivity contribution is -0.158. The molecule has 1 aliphatic carbocycles. The van der Waals surface area contributed by atoms with Crippen molar-refractivity contribution in [3.63, 3.8) is 0 Å². The molecule has 0 aromatic rings. The Kier molecular flexibility index (Phi) is 3.95. The molecule has 0 bridgehead atoms. The summed E-state index contributed by atoms with van der Waals surface area (Å²) < 4.78 is 5.47. The van der Waals surface area contributed by atoms with E-state index in [1.54, 1.807) is 0 Å². The molecular formula is C16H26N2O3. The molecule has 2 unspecified atom stereocenters. The van der Waals surface area contributed by atoms with Crippen LogP contribution in [-0.4, -0.2) is 47.6 Å². The third kappa shape index (κ3) is 2.56. The number of rotatable bonds is 3. The van der Waals surface area contributed by atoms with Gasteiger partial charge in [-0.2, -0.15) is 0 Å². The Labute approximate surface area is 126 Å². The highest BCUT2D eigenvalue weighted by Crippen LogP contribution is 2.37. The minimum Gasteiger partial charge on any atom is -0.379 e.